The number of carbonyl (C=O) groups excluding carboxylic acids is 1. The number of amides is 1. The number of aromatic nitrogens is 1. The van der Waals surface area contributed by atoms with E-state index in [9.17, 15) is 4.79 Å². The lowest BCUT2D eigenvalue weighted by Gasteiger charge is -2.26. The molecule has 2 heterocycles. The highest BCUT2D eigenvalue weighted by Crippen LogP contribution is 2.36. The first-order chi connectivity index (χ1) is 13.2. The van der Waals surface area contributed by atoms with Crippen LogP contribution in [0.2, 0.25) is 0 Å². The summed E-state index contributed by atoms with van der Waals surface area (Å²) < 4.78 is 0. The summed E-state index contributed by atoms with van der Waals surface area (Å²) in [5.74, 6) is 0.0666. The van der Waals surface area contributed by atoms with E-state index in [-0.39, 0.29) is 5.91 Å². The maximum absolute atomic E-state index is 13.1. The molecule has 0 radical (unpaired) electrons. The molecule has 1 amide bonds. The number of likely N-dealkylation sites (tertiary alicyclic amines) is 1. The third-order valence-electron chi connectivity index (χ3n) is 5.77. The largest absolute Gasteiger partial charge is 0.337 e. The molecule has 134 valence electrons. The summed E-state index contributed by atoms with van der Waals surface area (Å²) in [4.78, 5) is 19.8. The topological polar surface area (TPSA) is 33.2 Å². The monoisotopic (exact) mass is 354 g/mol. The Morgan fingerprint density at radius 2 is 1.37 bits per heavy atom. The van der Waals surface area contributed by atoms with Gasteiger partial charge in [0.05, 0.1) is 0 Å². The Hall–Kier alpha value is -2.94. The van der Waals surface area contributed by atoms with Gasteiger partial charge in [-0.1, -0.05) is 48.5 Å². The molecule has 3 aromatic carbocycles. The first-order valence-corrected chi connectivity index (χ1v) is 9.74. The van der Waals surface area contributed by atoms with Gasteiger partial charge < -0.3 is 4.90 Å². The zero-order chi connectivity index (χ0) is 18.4. The van der Waals surface area contributed by atoms with Crippen molar-refractivity contribution in [2.24, 2.45) is 0 Å². The fraction of sp³-hybridized carbons (Fsp3) is 0.250. The Bertz CT molecular complexity index is 1190. The fourth-order valence-electron chi connectivity index (χ4n) is 4.48. The van der Waals surface area contributed by atoms with Crippen molar-refractivity contribution in [2.75, 3.05) is 13.1 Å². The van der Waals surface area contributed by atoms with Gasteiger partial charge in [0.15, 0.2) is 0 Å². The van der Waals surface area contributed by atoms with E-state index in [1.54, 1.807) is 0 Å². The number of pyridine rings is 1. The molecular formula is C24H22N2O. The minimum Gasteiger partial charge on any atom is -0.337 e. The average Bonchev–Trinajstić information content (AvgIpc) is 2.73. The van der Waals surface area contributed by atoms with Crippen LogP contribution in [-0.2, 0) is 0 Å². The molecule has 0 N–H and O–H groups in total. The third-order valence-corrected chi connectivity index (χ3v) is 5.77. The third kappa shape index (κ3) is 2.57. The predicted octanol–water partition coefficient (Wildman–Crippen LogP) is 5.48. The van der Waals surface area contributed by atoms with Gasteiger partial charge in [0.1, 0.15) is 5.69 Å². The molecular weight excluding hydrogens is 332 g/mol. The standard InChI is InChI=1S/C24H22N2O/c1-16-23-20-12-6-5-10-18(20)17-9-3-4-11-19(17)21(23)15-22(25-16)24(27)26-13-7-2-8-14-26/h3-6,9-12,15H,2,7-8,13-14H2,1H3. The second-order valence-electron chi connectivity index (χ2n) is 7.46. The first kappa shape index (κ1) is 16.2. The maximum atomic E-state index is 13.1. The van der Waals surface area contributed by atoms with Gasteiger partial charge in [-0.15, -0.1) is 0 Å². The van der Waals surface area contributed by atoms with Gasteiger partial charge in [-0.05, 0) is 59.2 Å². The minimum atomic E-state index is 0.0666. The van der Waals surface area contributed by atoms with Crippen LogP contribution in [0.3, 0.4) is 0 Å². The molecule has 1 fully saturated rings. The Balaban J connectivity index is 1.82. The van der Waals surface area contributed by atoms with Crippen LogP contribution in [0.1, 0.15) is 35.4 Å². The van der Waals surface area contributed by atoms with Crippen molar-refractivity contribution in [3.8, 4) is 0 Å². The van der Waals surface area contributed by atoms with Crippen molar-refractivity contribution >= 4 is 38.2 Å². The lowest BCUT2D eigenvalue weighted by molar-refractivity contribution is 0.0718. The van der Waals surface area contributed by atoms with Crippen LogP contribution in [0.5, 0.6) is 0 Å². The second kappa shape index (κ2) is 6.34. The fourth-order valence-corrected chi connectivity index (χ4v) is 4.48. The summed E-state index contributed by atoms with van der Waals surface area (Å²) in [7, 11) is 0. The smallest absolute Gasteiger partial charge is 0.272 e. The van der Waals surface area contributed by atoms with Gasteiger partial charge in [0.25, 0.3) is 5.91 Å². The highest BCUT2D eigenvalue weighted by atomic mass is 16.2. The van der Waals surface area contributed by atoms with Crippen LogP contribution in [0.4, 0.5) is 0 Å². The molecule has 27 heavy (non-hydrogen) atoms. The highest BCUT2D eigenvalue weighted by Gasteiger charge is 2.21. The number of nitrogens with zero attached hydrogens (tertiary/aromatic N) is 2. The van der Waals surface area contributed by atoms with Crippen LogP contribution in [-0.4, -0.2) is 28.9 Å². The van der Waals surface area contributed by atoms with Gasteiger partial charge in [-0.3, -0.25) is 4.79 Å². The van der Waals surface area contributed by atoms with Crippen molar-refractivity contribution in [3.63, 3.8) is 0 Å². The molecule has 0 atom stereocenters. The summed E-state index contributed by atoms with van der Waals surface area (Å²) in [5.41, 5.74) is 1.50. The van der Waals surface area contributed by atoms with Gasteiger partial charge in [0, 0.05) is 24.2 Å². The van der Waals surface area contributed by atoms with E-state index in [4.69, 9.17) is 4.98 Å². The molecule has 0 bridgehead atoms. The second-order valence-corrected chi connectivity index (χ2v) is 7.46. The van der Waals surface area contributed by atoms with E-state index in [2.05, 4.69) is 48.5 Å². The van der Waals surface area contributed by atoms with Crippen LogP contribution in [0.15, 0.2) is 54.6 Å². The molecule has 1 aromatic heterocycles. The number of hydrogen-bond acceptors (Lipinski definition) is 2. The Kier molecular flexibility index (Phi) is 3.82. The highest BCUT2D eigenvalue weighted by molar-refractivity contribution is 6.26. The number of carbonyl (C=O) groups is 1. The number of piperidine rings is 1. The molecule has 0 unspecified atom stereocenters. The van der Waals surface area contributed by atoms with E-state index in [0.717, 1.165) is 42.4 Å². The summed E-state index contributed by atoms with van der Waals surface area (Å²) in [6.07, 6.45) is 3.39. The number of hydrogen-bond donors (Lipinski definition) is 0. The molecule has 4 aromatic rings. The maximum Gasteiger partial charge on any atom is 0.272 e. The number of fused-ring (bicyclic) bond motifs is 6. The van der Waals surface area contributed by atoms with Gasteiger partial charge >= 0.3 is 0 Å². The van der Waals surface area contributed by atoms with Crippen molar-refractivity contribution in [1.82, 2.24) is 9.88 Å². The Labute approximate surface area is 158 Å². The summed E-state index contributed by atoms with van der Waals surface area (Å²) in [6.45, 7) is 3.71. The molecule has 1 aliphatic heterocycles. The number of rotatable bonds is 1. The van der Waals surface area contributed by atoms with Crippen molar-refractivity contribution < 1.29 is 4.79 Å². The van der Waals surface area contributed by atoms with Crippen LogP contribution in [0.25, 0.3) is 32.3 Å². The molecule has 1 aliphatic rings. The van der Waals surface area contributed by atoms with E-state index >= 15 is 0 Å². The number of benzene rings is 3. The van der Waals surface area contributed by atoms with Crippen LogP contribution >= 0.6 is 0 Å². The molecule has 0 aliphatic carbocycles. The van der Waals surface area contributed by atoms with Crippen LogP contribution < -0.4 is 0 Å². The lowest BCUT2D eigenvalue weighted by Crippen LogP contribution is -2.36. The Morgan fingerprint density at radius 3 is 2.04 bits per heavy atom. The molecule has 0 spiro atoms. The quantitative estimate of drug-likeness (QED) is 0.424. The van der Waals surface area contributed by atoms with E-state index in [1.807, 2.05) is 17.9 Å². The average molecular weight is 354 g/mol. The van der Waals surface area contributed by atoms with Crippen molar-refractivity contribution in [1.29, 1.82) is 0 Å². The van der Waals surface area contributed by atoms with E-state index < -0.39 is 0 Å². The van der Waals surface area contributed by atoms with E-state index in [0.29, 0.717) is 5.69 Å². The minimum absolute atomic E-state index is 0.0666. The molecule has 3 heteroatoms. The van der Waals surface area contributed by atoms with Gasteiger partial charge in [-0.25, -0.2) is 4.98 Å². The Morgan fingerprint density at radius 1 is 0.815 bits per heavy atom. The molecule has 3 nitrogen and oxygen atoms in total. The summed E-state index contributed by atoms with van der Waals surface area (Å²) in [5, 5.41) is 7.12. The molecule has 1 saturated heterocycles. The normalized spacial score (nSPS) is 14.9. The van der Waals surface area contributed by atoms with Crippen molar-refractivity contribution in [3.05, 3.63) is 66.0 Å². The lowest BCUT2D eigenvalue weighted by atomic mass is 9.93. The SMILES string of the molecule is Cc1nc(C(=O)N2CCCCC2)cc2c3ccccc3c3ccccc3c12. The van der Waals surface area contributed by atoms with Crippen LogP contribution in [0, 0.1) is 6.92 Å². The zero-order valence-electron chi connectivity index (χ0n) is 15.5. The van der Waals surface area contributed by atoms with Gasteiger partial charge in [-0.2, -0.15) is 0 Å². The zero-order valence-corrected chi connectivity index (χ0v) is 15.5. The predicted molar refractivity (Wildman–Crippen MR) is 111 cm³/mol. The van der Waals surface area contributed by atoms with Gasteiger partial charge in [0.2, 0.25) is 0 Å². The van der Waals surface area contributed by atoms with Crippen molar-refractivity contribution in [2.45, 2.75) is 26.2 Å². The first-order valence-electron chi connectivity index (χ1n) is 9.74. The molecule has 0 saturated carbocycles. The van der Waals surface area contributed by atoms with E-state index in [1.165, 1.54) is 28.0 Å². The molecule has 5 rings (SSSR count). The number of aryl methyl sites for hydroxylation is 1. The summed E-state index contributed by atoms with van der Waals surface area (Å²) >= 11 is 0. The summed E-state index contributed by atoms with van der Waals surface area (Å²) in [6, 6.07) is 19.0.